The van der Waals surface area contributed by atoms with Gasteiger partial charge in [-0.15, -0.1) is 11.3 Å². The van der Waals surface area contributed by atoms with Crippen LogP contribution in [0.5, 0.6) is 0 Å². The van der Waals surface area contributed by atoms with Gasteiger partial charge in [0.25, 0.3) is 0 Å². The molecule has 0 aliphatic heterocycles. The van der Waals surface area contributed by atoms with Crippen LogP contribution in [0.15, 0.2) is 41.8 Å². The molecule has 102 valence electrons. The van der Waals surface area contributed by atoms with Gasteiger partial charge >= 0.3 is 5.97 Å². The second kappa shape index (κ2) is 6.36. The summed E-state index contributed by atoms with van der Waals surface area (Å²) < 4.78 is 0. The molecule has 0 saturated carbocycles. The third kappa shape index (κ3) is 3.69. The Bertz CT molecular complexity index is 665. The highest BCUT2D eigenvalue weighted by atomic mass is 35.5. The Morgan fingerprint density at radius 2 is 2.10 bits per heavy atom. The minimum absolute atomic E-state index is 0.00112. The van der Waals surface area contributed by atoms with Gasteiger partial charge in [-0.25, -0.2) is 4.79 Å². The molecule has 0 bridgehead atoms. The van der Waals surface area contributed by atoms with Crippen LogP contribution in [0.2, 0.25) is 5.02 Å². The van der Waals surface area contributed by atoms with E-state index in [1.807, 2.05) is 17.5 Å². The van der Waals surface area contributed by atoms with Crippen molar-refractivity contribution >= 4 is 46.6 Å². The van der Waals surface area contributed by atoms with Crippen molar-refractivity contribution in [2.45, 2.75) is 0 Å². The number of anilines is 1. The van der Waals surface area contributed by atoms with Crippen LogP contribution in [0.1, 0.15) is 15.2 Å². The van der Waals surface area contributed by atoms with Gasteiger partial charge in [-0.2, -0.15) is 0 Å². The summed E-state index contributed by atoms with van der Waals surface area (Å²) in [5.74, 6) is -1.41. The van der Waals surface area contributed by atoms with Gasteiger partial charge in [0.15, 0.2) is 0 Å². The number of nitrogens with one attached hydrogen (secondary N) is 1. The van der Waals surface area contributed by atoms with E-state index < -0.39 is 5.97 Å². The molecule has 0 saturated heterocycles. The van der Waals surface area contributed by atoms with Crippen molar-refractivity contribution < 1.29 is 14.7 Å². The van der Waals surface area contributed by atoms with Gasteiger partial charge in [-0.3, -0.25) is 4.79 Å². The molecule has 20 heavy (non-hydrogen) atoms. The van der Waals surface area contributed by atoms with Crippen molar-refractivity contribution in [2.24, 2.45) is 0 Å². The quantitative estimate of drug-likeness (QED) is 0.845. The average molecular weight is 308 g/mol. The minimum atomic E-state index is -1.11. The largest absolute Gasteiger partial charge is 0.478 e. The number of aromatic carboxylic acids is 1. The summed E-state index contributed by atoms with van der Waals surface area (Å²) in [5, 5.41) is 13.5. The molecule has 1 heterocycles. The third-order valence-electron chi connectivity index (χ3n) is 2.41. The molecular weight excluding hydrogens is 298 g/mol. The Morgan fingerprint density at radius 3 is 2.70 bits per heavy atom. The van der Waals surface area contributed by atoms with Crippen LogP contribution in [0.4, 0.5) is 5.69 Å². The van der Waals surface area contributed by atoms with Gasteiger partial charge in [0.05, 0.1) is 10.6 Å². The number of rotatable bonds is 4. The zero-order chi connectivity index (χ0) is 14.5. The van der Waals surface area contributed by atoms with Gasteiger partial charge in [0, 0.05) is 16.6 Å². The van der Waals surface area contributed by atoms with Crippen molar-refractivity contribution in [1.82, 2.24) is 0 Å². The highest BCUT2D eigenvalue weighted by Crippen LogP contribution is 2.21. The topological polar surface area (TPSA) is 66.4 Å². The van der Waals surface area contributed by atoms with Crippen LogP contribution in [0.3, 0.4) is 0 Å². The Morgan fingerprint density at radius 1 is 1.30 bits per heavy atom. The van der Waals surface area contributed by atoms with Crippen LogP contribution >= 0.6 is 22.9 Å². The summed E-state index contributed by atoms with van der Waals surface area (Å²) in [6.45, 7) is 0. The number of carboxylic acid groups (broad SMARTS) is 1. The first kappa shape index (κ1) is 14.3. The first-order valence-corrected chi connectivity index (χ1v) is 6.87. The van der Waals surface area contributed by atoms with E-state index in [2.05, 4.69) is 5.32 Å². The zero-order valence-corrected chi connectivity index (χ0v) is 11.7. The number of hydrogen-bond acceptors (Lipinski definition) is 3. The van der Waals surface area contributed by atoms with E-state index in [0.29, 0.717) is 5.69 Å². The van der Waals surface area contributed by atoms with Crippen LogP contribution in [0.25, 0.3) is 6.08 Å². The summed E-state index contributed by atoms with van der Waals surface area (Å²) in [5.41, 5.74) is 0.444. The Balaban J connectivity index is 2.05. The summed E-state index contributed by atoms with van der Waals surface area (Å²) in [7, 11) is 0. The molecule has 1 aromatic heterocycles. The van der Waals surface area contributed by atoms with Crippen molar-refractivity contribution in [3.63, 3.8) is 0 Å². The fraction of sp³-hybridized carbons (Fsp3) is 0. The third-order valence-corrected chi connectivity index (χ3v) is 3.56. The maximum Gasteiger partial charge on any atom is 0.337 e. The molecular formula is C14H10ClNO3S. The van der Waals surface area contributed by atoms with E-state index in [9.17, 15) is 9.59 Å². The molecule has 0 aliphatic rings. The molecule has 0 radical (unpaired) electrons. The van der Waals surface area contributed by atoms with Crippen LogP contribution in [-0.2, 0) is 4.79 Å². The van der Waals surface area contributed by atoms with Gasteiger partial charge in [0.1, 0.15) is 0 Å². The highest BCUT2D eigenvalue weighted by molar-refractivity contribution is 7.10. The Hall–Kier alpha value is -2.11. The normalized spacial score (nSPS) is 10.7. The number of benzene rings is 1. The molecule has 0 unspecified atom stereocenters. The van der Waals surface area contributed by atoms with Crippen molar-refractivity contribution in [3.05, 3.63) is 57.3 Å². The number of carbonyl (C=O) groups excluding carboxylic acids is 1. The molecule has 4 nitrogen and oxygen atoms in total. The van der Waals surface area contributed by atoms with Crippen LogP contribution in [0, 0.1) is 0 Å². The first-order valence-electron chi connectivity index (χ1n) is 5.61. The van der Waals surface area contributed by atoms with Gasteiger partial charge in [0.2, 0.25) is 5.91 Å². The lowest BCUT2D eigenvalue weighted by atomic mass is 10.2. The van der Waals surface area contributed by atoms with Crippen LogP contribution < -0.4 is 5.32 Å². The standard InChI is InChI=1S/C14H10ClNO3S/c15-12-8-9(3-5-11(12)14(18)19)16-13(17)6-4-10-2-1-7-20-10/h1-8H,(H,16,17)(H,18,19). The molecule has 0 fully saturated rings. The van der Waals surface area contributed by atoms with E-state index >= 15 is 0 Å². The molecule has 1 aromatic carbocycles. The molecule has 0 aliphatic carbocycles. The number of carbonyl (C=O) groups is 2. The Kier molecular flexibility index (Phi) is 4.55. The highest BCUT2D eigenvalue weighted by Gasteiger charge is 2.09. The molecule has 6 heteroatoms. The lowest BCUT2D eigenvalue weighted by molar-refractivity contribution is -0.111. The van der Waals surface area contributed by atoms with Gasteiger partial charge in [-0.05, 0) is 35.7 Å². The van der Waals surface area contributed by atoms with E-state index in [4.69, 9.17) is 16.7 Å². The van der Waals surface area contributed by atoms with Crippen molar-refractivity contribution in [3.8, 4) is 0 Å². The monoisotopic (exact) mass is 307 g/mol. The SMILES string of the molecule is O=C(C=Cc1cccs1)Nc1ccc(C(=O)O)c(Cl)c1. The predicted octanol–water partition coefficient (Wildman–Crippen LogP) is 3.75. The molecule has 2 aromatic rings. The first-order chi connectivity index (χ1) is 9.56. The summed E-state index contributed by atoms with van der Waals surface area (Å²) >= 11 is 7.34. The van der Waals surface area contributed by atoms with E-state index in [1.165, 1.54) is 35.6 Å². The number of hydrogen-bond donors (Lipinski definition) is 2. The lowest BCUT2D eigenvalue weighted by Crippen LogP contribution is -2.08. The number of amides is 1. The smallest absolute Gasteiger partial charge is 0.337 e. The van der Waals surface area contributed by atoms with E-state index in [-0.39, 0.29) is 16.5 Å². The minimum Gasteiger partial charge on any atom is -0.478 e. The Labute approximate surface area is 124 Å². The molecule has 2 rings (SSSR count). The molecule has 0 atom stereocenters. The summed E-state index contributed by atoms with van der Waals surface area (Å²) in [4.78, 5) is 23.5. The van der Waals surface area contributed by atoms with Crippen molar-refractivity contribution in [2.75, 3.05) is 5.32 Å². The van der Waals surface area contributed by atoms with E-state index in [1.54, 1.807) is 6.08 Å². The lowest BCUT2D eigenvalue weighted by Gasteiger charge is -2.04. The van der Waals surface area contributed by atoms with Gasteiger partial charge < -0.3 is 10.4 Å². The second-order valence-electron chi connectivity index (χ2n) is 3.84. The summed E-state index contributed by atoms with van der Waals surface area (Å²) in [6, 6.07) is 8.04. The van der Waals surface area contributed by atoms with Crippen molar-refractivity contribution in [1.29, 1.82) is 0 Å². The fourth-order valence-corrected chi connectivity index (χ4v) is 2.37. The summed E-state index contributed by atoms with van der Waals surface area (Å²) in [6.07, 6.45) is 3.11. The van der Waals surface area contributed by atoms with Crippen LogP contribution in [-0.4, -0.2) is 17.0 Å². The molecule has 1 amide bonds. The maximum absolute atomic E-state index is 11.7. The van der Waals surface area contributed by atoms with E-state index in [0.717, 1.165) is 4.88 Å². The molecule has 2 N–H and O–H groups in total. The number of thiophene rings is 1. The number of halogens is 1. The van der Waals surface area contributed by atoms with Gasteiger partial charge in [-0.1, -0.05) is 17.7 Å². The second-order valence-corrected chi connectivity index (χ2v) is 5.22. The number of carboxylic acids is 1. The fourth-order valence-electron chi connectivity index (χ4n) is 1.49. The average Bonchev–Trinajstić information content (AvgIpc) is 2.89. The predicted molar refractivity (Wildman–Crippen MR) is 80.4 cm³/mol. The maximum atomic E-state index is 11.7. The zero-order valence-electron chi connectivity index (χ0n) is 10.2. The molecule has 0 spiro atoms.